The average molecular weight is 283 g/mol. The van der Waals surface area contributed by atoms with Crippen molar-refractivity contribution in [1.82, 2.24) is 0 Å². The van der Waals surface area contributed by atoms with E-state index in [0.29, 0.717) is 11.3 Å². The van der Waals surface area contributed by atoms with Gasteiger partial charge in [0.25, 0.3) is 0 Å². The van der Waals surface area contributed by atoms with Crippen LogP contribution in [0.25, 0.3) is 0 Å². The van der Waals surface area contributed by atoms with Crippen molar-refractivity contribution in [2.24, 2.45) is 34.8 Å². The van der Waals surface area contributed by atoms with E-state index in [1.165, 1.54) is 37.7 Å². The van der Waals surface area contributed by atoms with Crippen LogP contribution in [0.1, 0.15) is 56.1 Å². The van der Waals surface area contributed by atoms with Gasteiger partial charge in [-0.2, -0.15) is 0 Å². The maximum absolute atomic E-state index is 6.16. The zero-order chi connectivity index (χ0) is 14.6. The molecule has 1 nitrogen and oxygen atoms in total. The van der Waals surface area contributed by atoms with Gasteiger partial charge in [0.15, 0.2) is 0 Å². The van der Waals surface area contributed by atoms with E-state index in [9.17, 15) is 0 Å². The summed E-state index contributed by atoms with van der Waals surface area (Å²) >= 11 is 0. The van der Waals surface area contributed by atoms with Crippen molar-refractivity contribution in [2.45, 2.75) is 51.9 Å². The van der Waals surface area contributed by atoms with Crippen LogP contribution < -0.4 is 5.73 Å². The van der Waals surface area contributed by atoms with Gasteiger partial charge in [-0.3, -0.25) is 0 Å². The molecule has 21 heavy (non-hydrogen) atoms. The number of rotatable bonds is 3. The van der Waals surface area contributed by atoms with Gasteiger partial charge in [0.1, 0.15) is 0 Å². The minimum absolute atomic E-state index is 0.497. The number of benzene rings is 1. The Morgan fingerprint density at radius 1 is 1.19 bits per heavy atom. The Hall–Kier alpha value is -0.820. The second kappa shape index (κ2) is 4.84. The van der Waals surface area contributed by atoms with Crippen LogP contribution in [-0.2, 0) is 0 Å². The summed E-state index contributed by atoms with van der Waals surface area (Å²) in [7, 11) is 0. The third-order valence-electron chi connectivity index (χ3n) is 7.10. The lowest BCUT2D eigenvalue weighted by Gasteiger charge is -2.63. The number of aryl methyl sites for hydroxylation is 1. The molecule has 1 aromatic carbocycles. The third-order valence-corrected chi connectivity index (χ3v) is 7.10. The van der Waals surface area contributed by atoms with Gasteiger partial charge in [0.05, 0.1) is 0 Å². The van der Waals surface area contributed by atoms with Gasteiger partial charge in [-0.1, -0.05) is 36.8 Å². The van der Waals surface area contributed by atoms with Crippen LogP contribution in [0.3, 0.4) is 0 Å². The third kappa shape index (κ3) is 2.00. The lowest BCUT2D eigenvalue weighted by atomic mass is 9.41. The van der Waals surface area contributed by atoms with Crippen molar-refractivity contribution in [3.8, 4) is 0 Å². The fraction of sp³-hybridized carbons (Fsp3) is 0.700. The van der Waals surface area contributed by atoms with E-state index in [2.05, 4.69) is 38.1 Å². The zero-order valence-electron chi connectivity index (χ0n) is 13.5. The molecule has 4 bridgehead atoms. The molecule has 1 aromatic rings. The monoisotopic (exact) mass is 283 g/mol. The van der Waals surface area contributed by atoms with Crippen molar-refractivity contribution in [2.75, 3.05) is 6.54 Å². The molecule has 0 aromatic heterocycles. The summed E-state index contributed by atoms with van der Waals surface area (Å²) in [6, 6.07) is 9.35. The van der Waals surface area contributed by atoms with Crippen molar-refractivity contribution in [3.63, 3.8) is 0 Å². The van der Waals surface area contributed by atoms with Crippen LogP contribution >= 0.6 is 0 Å². The van der Waals surface area contributed by atoms with Gasteiger partial charge in [0.2, 0.25) is 0 Å². The van der Waals surface area contributed by atoms with Crippen LogP contribution in [0.15, 0.2) is 24.3 Å². The minimum atomic E-state index is 0.497. The molecule has 0 spiro atoms. The molecule has 5 rings (SSSR count). The summed E-state index contributed by atoms with van der Waals surface area (Å²) in [5.74, 6) is 4.35. The number of nitrogens with two attached hydrogens (primary N) is 1. The Morgan fingerprint density at radius 2 is 1.90 bits per heavy atom. The van der Waals surface area contributed by atoms with E-state index in [0.717, 1.165) is 30.2 Å². The molecule has 0 amide bonds. The molecule has 0 radical (unpaired) electrons. The lowest BCUT2D eigenvalue weighted by molar-refractivity contribution is -0.103. The highest BCUT2D eigenvalue weighted by Gasteiger charge is 2.58. The maximum Gasteiger partial charge on any atom is -0.00460 e. The summed E-state index contributed by atoms with van der Waals surface area (Å²) in [6.07, 6.45) is 7.35. The van der Waals surface area contributed by atoms with Crippen LogP contribution in [0, 0.1) is 36.0 Å². The molecule has 4 unspecified atom stereocenters. The van der Waals surface area contributed by atoms with Crippen LogP contribution in [-0.4, -0.2) is 6.54 Å². The minimum Gasteiger partial charge on any atom is -0.330 e. The SMILES string of the molecule is Cc1cccc(C2C3CC4CC(C3)CC2(C(C)CN)C4)c1. The quantitative estimate of drug-likeness (QED) is 0.868. The lowest BCUT2D eigenvalue weighted by Crippen LogP contribution is -2.55. The molecule has 0 heterocycles. The Kier molecular flexibility index (Phi) is 3.19. The first-order valence-electron chi connectivity index (χ1n) is 8.89. The Labute approximate surface area is 129 Å². The summed E-state index contributed by atoms with van der Waals surface area (Å²) in [4.78, 5) is 0. The Bertz CT molecular complexity index is 520. The average Bonchev–Trinajstić information content (AvgIpc) is 2.45. The van der Waals surface area contributed by atoms with Crippen LogP contribution in [0.2, 0.25) is 0 Å². The smallest absolute Gasteiger partial charge is 0.00460 e. The van der Waals surface area contributed by atoms with Gasteiger partial charge in [0, 0.05) is 0 Å². The molecule has 4 fully saturated rings. The highest BCUT2D eigenvalue weighted by atomic mass is 14.7. The molecule has 4 aliphatic carbocycles. The first-order valence-corrected chi connectivity index (χ1v) is 8.89. The summed E-state index contributed by atoms with van der Waals surface area (Å²) in [5.41, 5.74) is 9.69. The zero-order valence-corrected chi connectivity index (χ0v) is 13.5. The Morgan fingerprint density at radius 3 is 2.52 bits per heavy atom. The van der Waals surface area contributed by atoms with Gasteiger partial charge in [-0.15, -0.1) is 0 Å². The summed E-state index contributed by atoms with van der Waals surface area (Å²) in [6.45, 7) is 5.52. The van der Waals surface area contributed by atoms with E-state index in [4.69, 9.17) is 5.73 Å². The molecular formula is C20H29N. The molecule has 4 saturated carbocycles. The molecule has 114 valence electrons. The van der Waals surface area contributed by atoms with E-state index < -0.39 is 0 Å². The number of hydrogen-bond acceptors (Lipinski definition) is 1. The highest BCUT2D eigenvalue weighted by molar-refractivity contribution is 5.31. The predicted octanol–water partition coefficient (Wildman–Crippen LogP) is 4.50. The topological polar surface area (TPSA) is 26.0 Å². The standard InChI is InChI=1S/C20H29N/c1-13-4-3-5-17(6-13)19-18-8-15-7-16(9-18)11-20(19,10-15)14(2)12-21/h3-6,14-16,18-19H,7-12,21H2,1-2H3. The summed E-state index contributed by atoms with van der Waals surface area (Å²) < 4.78 is 0. The molecule has 2 N–H and O–H groups in total. The van der Waals surface area contributed by atoms with Gasteiger partial charge >= 0.3 is 0 Å². The van der Waals surface area contributed by atoms with Crippen molar-refractivity contribution in [3.05, 3.63) is 35.4 Å². The second-order valence-electron chi connectivity index (χ2n) is 8.37. The molecular weight excluding hydrogens is 254 g/mol. The molecule has 0 saturated heterocycles. The predicted molar refractivity (Wildman–Crippen MR) is 88.1 cm³/mol. The highest BCUT2D eigenvalue weighted by Crippen LogP contribution is 2.68. The fourth-order valence-corrected chi connectivity index (χ4v) is 6.51. The van der Waals surface area contributed by atoms with Crippen molar-refractivity contribution in [1.29, 1.82) is 0 Å². The first kappa shape index (κ1) is 13.8. The Balaban J connectivity index is 1.80. The second-order valence-corrected chi connectivity index (χ2v) is 8.37. The number of hydrogen-bond donors (Lipinski definition) is 1. The molecule has 0 aliphatic heterocycles. The maximum atomic E-state index is 6.16. The largest absolute Gasteiger partial charge is 0.330 e. The van der Waals surface area contributed by atoms with Crippen molar-refractivity contribution >= 4 is 0 Å². The van der Waals surface area contributed by atoms with Gasteiger partial charge in [-0.05, 0) is 86.1 Å². The van der Waals surface area contributed by atoms with Crippen LogP contribution in [0.5, 0.6) is 0 Å². The fourth-order valence-electron chi connectivity index (χ4n) is 6.51. The summed E-state index contributed by atoms with van der Waals surface area (Å²) in [5, 5.41) is 0. The van der Waals surface area contributed by atoms with E-state index in [-0.39, 0.29) is 0 Å². The molecule has 4 atom stereocenters. The van der Waals surface area contributed by atoms with E-state index >= 15 is 0 Å². The van der Waals surface area contributed by atoms with Crippen LogP contribution in [0.4, 0.5) is 0 Å². The normalized spacial score (nSPS) is 42.2. The van der Waals surface area contributed by atoms with E-state index in [1.54, 1.807) is 5.56 Å². The van der Waals surface area contributed by atoms with Crippen molar-refractivity contribution < 1.29 is 0 Å². The van der Waals surface area contributed by atoms with Gasteiger partial charge < -0.3 is 5.73 Å². The molecule has 1 heteroatoms. The molecule has 4 aliphatic rings. The van der Waals surface area contributed by atoms with E-state index in [1.807, 2.05) is 0 Å². The van der Waals surface area contributed by atoms with Gasteiger partial charge in [-0.25, -0.2) is 0 Å². The first-order chi connectivity index (χ1) is 10.1.